The first-order valence-corrected chi connectivity index (χ1v) is 4.00. The zero-order valence-corrected chi connectivity index (χ0v) is 8.71. The molecular formula is C8H12Cl2O2. The summed E-state index contributed by atoms with van der Waals surface area (Å²) >= 11 is 9.69. The Morgan fingerprint density at radius 3 is 1.83 bits per heavy atom. The van der Waals surface area contributed by atoms with E-state index in [9.17, 15) is 4.79 Å². The molecule has 0 aromatic carbocycles. The smallest absolute Gasteiger partial charge is 0.333 e. The molecule has 0 fully saturated rings. The summed E-state index contributed by atoms with van der Waals surface area (Å²) in [4.78, 5) is 10.4. The van der Waals surface area contributed by atoms with Gasteiger partial charge in [-0.1, -0.05) is 36.4 Å². The van der Waals surface area contributed by atoms with E-state index >= 15 is 0 Å². The van der Waals surface area contributed by atoms with Crippen molar-refractivity contribution in [1.82, 2.24) is 0 Å². The lowest BCUT2D eigenvalue weighted by molar-refractivity contribution is -0.138. The number of halogens is 2. The zero-order chi connectivity index (χ0) is 10.1. The molecule has 0 aromatic rings. The summed E-state index contributed by atoms with van der Waals surface area (Å²) in [5.74, 6) is -0.312. The fourth-order valence-corrected chi connectivity index (χ4v) is 0.254. The lowest BCUT2D eigenvalue weighted by atomic mass is 10.4. The van der Waals surface area contributed by atoms with E-state index in [1.165, 1.54) is 0 Å². The lowest BCUT2D eigenvalue weighted by Gasteiger charge is -1.96. The predicted octanol–water partition coefficient (Wildman–Crippen LogP) is 3.06. The van der Waals surface area contributed by atoms with Gasteiger partial charge in [-0.3, -0.25) is 0 Å². The Balaban J connectivity index is 0. The topological polar surface area (TPSA) is 26.3 Å². The monoisotopic (exact) mass is 210 g/mol. The maximum atomic E-state index is 10.4. The van der Waals surface area contributed by atoms with E-state index < -0.39 is 0 Å². The number of carbonyl (C=O) groups is 1. The minimum absolute atomic E-state index is 0.111. The summed E-state index contributed by atoms with van der Waals surface area (Å²) in [5, 5.41) is 0. The number of esters is 1. The maximum Gasteiger partial charge on any atom is 0.333 e. The van der Waals surface area contributed by atoms with Crippen molar-refractivity contribution in [3.05, 3.63) is 23.2 Å². The third-order valence-electron chi connectivity index (χ3n) is 0.624. The molecule has 0 amide bonds. The number of rotatable bonds is 2. The minimum atomic E-state index is -0.312. The molecule has 4 heteroatoms. The van der Waals surface area contributed by atoms with Crippen LogP contribution >= 0.6 is 23.2 Å². The van der Waals surface area contributed by atoms with E-state index in [-0.39, 0.29) is 10.5 Å². The molecule has 0 aliphatic rings. The average Bonchev–Trinajstić information content (AvgIpc) is 1.86. The molecule has 0 aromatic heterocycles. The van der Waals surface area contributed by atoms with Gasteiger partial charge >= 0.3 is 5.97 Å². The molecule has 0 atom stereocenters. The number of hydrogen-bond donors (Lipinski definition) is 0. The molecule has 0 heterocycles. The second-order valence-corrected chi connectivity index (χ2v) is 2.95. The van der Waals surface area contributed by atoms with Gasteiger partial charge in [0.2, 0.25) is 0 Å². The summed E-state index contributed by atoms with van der Waals surface area (Å²) in [5.41, 5.74) is 0.451. The third-order valence-corrected chi connectivity index (χ3v) is 0.624. The van der Waals surface area contributed by atoms with Crippen molar-refractivity contribution in [2.75, 3.05) is 6.61 Å². The summed E-state index contributed by atoms with van der Waals surface area (Å²) < 4.78 is 4.68. The molecule has 0 N–H and O–H groups in total. The number of ether oxygens (including phenoxy) is 1. The van der Waals surface area contributed by atoms with Gasteiger partial charge in [0.1, 0.15) is 0 Å². The molecule has 0 aliphatic heterocycles. The Hall–Kier alpha value is -0.470. The largest absolute Gasteiger partial charge is 0.463 e. The first kappa shape index (κ1) is 14.1. The molecule has 0 bridgehead atoms. The summed E-state index contributed by atoms with van der Waals surface area (Å²) in [6.07, 6.45) is 0. The molecule has 0 saturated heterocycles. The Kier molecular flexibility index (Phi) is 10.1. The molecule has 70 valence electrons. The Morgan fingerprint density at radius 2 is 1.75 bits per heavy atom. The Labute approximate surface area is 82.8 Å². The van der Waals surface area contributed by atoms with Gasteiger partial charge in [0, 0.05) is 5.57 Å². The van der Waals surface area contributed by atoms with Gasteiger partial charge in [0.05, 0.1) is 11.1 Å². The van der Waals surface area contributed by atoms with E-state index in [0.717, 1.165) is 0 Å². The van der Waals surface area contributed by atoms with E-state index in [0.29, 0.717) is 12.2 Å². The standard InChI is InChI=1S/C6H10O2.C2H2Cl2/c1-4-8-6(7)5(2)3;1-2(3)4/h2,4H2,1,3H3;1H2. The van der Waals surface area contributed by atoms with E-state index in [1.54, 1.807) is 13.8 Å². The van der Waals surface area contributed by atoms with Crippen LogP contribution in [0.3, 0.4) is 0 Å². The van der Waals surface area contributed by atoms with Gasteiger partial charge in [-0.05, 0) is 13.8 Å². The molecule has 12 heavy (non-hydrogen) atoms. The van der Waals surface area contributed by atoms with Gasteiger partial charge in [0.25, 0.3) is 0 Å². The third kappa shape index (κ3) is 16.3. The highest BCUT2D eigenvalue weighted by atomic mass is 35.5. The number of carbonyl (C=O) groups excluding carboxylic acids is 1. The SMILES string of the molecule is C=C(C)C(=O)OCC.C=C(Cl)Cl. The molecule has 0 spiro atoms. The van der Waals surface area contributed by atoms with Crippen LogP contribution in [0.1, 0.15) is 13.8 Å². The van der Waals surface area contributed by atoms with Gasteiger partial charge in [0.15, 0.2) is 0 Å². The fourth-order valence-electron chi connectivity index (χ4n) is 0.254. The first-order chi connectivity index (χ1) is 5.41. The van der Waals surface area contributed by atoms with Gasteiger partial charge in [-0.15, -0.1) is 0 Å². The molecule has 0 unspecified atom stereocenters. The Morgan fingerprint density at radius 1 is 1.42 bits per heavy atom. The quantitative estimate of drug-likeness (QED) is 0.518. The highest BCUT2D eigenvalue weighted by Gasteiger charge is 1.98. The minimum Gasteiger partial charge on any atom is -0.463 e. The van der Waals surface area contributed by atoms with Crippen molar-refractivity contribution in [1.29, 1.82) is 0 Å². The van der Waals surface area contributed by atoms with Crippen LogP contribution in [0.15, 0.2) is 23.2 Å². The molecule has 0 saturated carbocycles. The van der Waals surface area contributed by atoms with Crippen molar-refractivity contribution in [2.45, 2.75) is 13.8 Å². The van der Waals surface area contributed by atoms with Crippen LogP contribution in [0, 0.1) is 0 Å². The van der Waals surface area contributed by atoms with Crippen molar-refractivity contribution in [2.24, 2.45) is 0 Å². The van der Waals surface area contributed by atoms with Gasteiger partial charge in [-0.2, -0.15) is 0 Å². The highest BCUT2D eigenvalue weighted by molar-refractivity contribution is 6.55. The van der Waals surface area contributed by atoms with Crippen LogP contribution in [0.4, 0.5) is 0 Å². The number of hydrogen-bond acceptors (Lipinski definition) is 2. The van der Waals surface area contributed by atoms with E-state index in [4.69, 9.17) is 23.2 Å². The predicted molar refractivity (Wildman–Crippen MR) is 52.3 cm³/mol. The normalized spacial score (nSPS) is 7.67. The molecule has 0 radical (unpaired) electrons. The van der Waals surface area contributed by atoms with Crippen molar-refractivity contribution in [3.8, 4) is 0 Å². The molecule has 0 aliphatic carbocycles. The lowest BCUT2D eigenvalue weighted by Crippen LogP contribution is -2.03. The fraction of sp³-hybridized carbons (Fsp3) is 0.375. The van der Waals surface area contributed by atoms with Crippen LogP contribution in [0.2, 0.25) is 0 Å². The highest BCUT2D eigenvalue weighted by Crippen LogP contribution is 1.98. The van der Waals surface area contributed by atoms with Crippen LogP contribution in [-0.2, 0) is 9.53 Å². The van der Waals surface area contributed by atoms with Crippen molar-refractivity contribution in [3.63, 3.8) is 0 Å². The van der Waals surface area contributed by atoms with E-state index in [1.807, 2.05) is 0 Å². The van der Waals surface area contributed by atoms with Crippen molar-refractivity contribution >= 4 is 29.2 Å². The molecule has 0 rings (SSSR count). The first-order valence-electron chi connectivity index (χ1n) is 3.24. The Bertz CT molecular complexity index is 172. The second kappa shape index (κ2) is 8.62. The summed E-state index contributed by atoms with van der Waals surface area (Å²) in [6, 6.07) is 0. The van der Waals surface area contributed by atoms with Crippen LogP contribution in [-0.4, -0.2) is 12.6 Å². The zero-order valence-electron chi connectivity index (χ0n) is 7.19. The molecular weight excluding hydrogens is 199 g/mol. The van der Waals surface area contributed by atoms with Gasteiger partial charge < -0.3 is 4.74 Å². The summed E-state index contributed by atoms with van der Waals surface area (Å²) in [6.45, 7) is 10.3. The van der Waals surface area contributed by atoms with Crippen LogP contribution in [0.25, 0.3) is 0 Å². The van der Waals surface area contributed by atoms with Crippen LogP contribution < -0.4 is 0 Å². The summed E-state index contributed by atoms with van der Waals surface area (Å²) in [7, 11) is 0. The average molecular weight is 211 g/mol. The molecule has 2 nitrogen and oxygen atoms in total. The second-order valence-electron chi connectivity index (χ2n) is 1.84. The van der Waals surface area contributed by atoms with E-state index in [2.05, 4.69) is 17.9 Å². The van der Waals surface area contributed by atoms with Crippen molar-refractivity contribution < 1.29 is 9.53 Å². The van der Waals surface area contributed by atoms with Crippen LogP contribution in [0.5, 0.6) is 0 Å². The maximum absolute atomic E-state index is 10.4. The van der Waals surface area contributed by atoms with Gasteiger partial charge in [-0.25, -0.2) is 4.79 Å².